The minimum Gasteiger partial charge on any atom is -0.497 e. The average molecular weight is 341 g/mol. The summed E-state index contributed by atoms with van der Waals surface area (Å²) >= 11 is 3.71. The van der Waals surface area contributed by atoms with E-state index in [1.54, 1.807) is 7.11 Å². The molecule has 20 heavy (non-hydrogen) atoms. The Hall–Kier alpha value is -0.580. The van der Waals surface area contributed by atoms with Gasteiger partial charge in [-0.2, -0.15) is 0 Å². The van der Waals surface area contributed by atoms with Gasteiger partial charge in [0.15, 0.2) is 0 Å². The van der Waals surface area contributed by atoms with Crippen molar-refractivity contribution in [3.05, 3.63) is 28.2 Å². The Kier molecular flexibility index (Phi) is 5.87. The SMILES string of the molecule is CCCN1CCCC(CN)C1c1cc(OC)ccc1Br. The van der Waals surface area contributed by atoms with Crippen molar-refractivity contribution >= 4 is 15.9 Å². The molecule has 0 amide bonds. The van der Waals surface area contributed by atoms with Crippen LogP contribution in [0.3, 0.4) is 0 Å². The van der Waals surface area contributed by atoms with Crippen LogP contribution in [0.1, 0.15) is 37.8 Å². The lowest BCUT2D eigenvalue weighted by Gasteiger charge is -2.41. The molecule has 4 heteroatoms. The summed E-state index contributed by atoms with van der Waals surface area (Å²) in [5.41, 5.74) is 7.35. The Labute approximate surface area is 130 Å². The molecule has 0 radical (unpaired) electrons. The number of likely N-dealkylation sites (tertiary alicyclic amines) is 1. The van der Waals surface area contributed by atoms with E-state index in [0.29, 0.717) is 12.0 Å². The topological polar surface area (TPSA) is 38.5 Å². The third kappa shape index (κ3) is 3.35. The van der Waals surface area contributed by atoms with Gasteiger partial charge in [-0.1, -0.05) is 22.9 Å². The van der Waals surface area contributed by atoms with Crippen molar-refractivity contribution in [2.75, 3.05) is 26.7 Å². The number of hydrogen-bond donors (Lipinski definition) is 1. The van der Waals surface area contributed by atoms with Crippen LogP contribution in [0.4, 0.5) is 0 Å². The van der Waals surface area contributed by atoms with Gasteiger partial charge in [0.05, 0.1) is 7.11 Å². The summed E-state index contributed by atoms with van der Waals surface area (Å²) in [6.07, 6.45) is 3.64. The molecule has 3 nitrogen and oxygen atoms in total. The number of benzene rings is 1. The maximum absolute atomic E-state index is 6.04. The molecule has 0 saturated carbocycles. The summed E-state index contributed by atoms with van der Waals surface area (Å²) in [5.74, 6) is 1.44. The average Bonchev–Trinajstić information content (AvgIpc) is 2.48. The van der Waals surface area contributed by atoms with Gasteiger partial charge in [-0.3, -0.25) is 4.90 Å². The fourth-order valence-corrected chi connectivity index (χ4v) is 3.74. The summed E-state index contributed by atoms with van der Waals surface area (Å²) in [6, 6.07) is 6.64. The summed E-state index contributed by atoms with van der Waals surface area (Å²) < 4.78 is 6.55. The highest BCUT2D eigenvalue weighted by Gasteiger charge is 2.32. The van der Waals surface area contributed by atoms with Crippen LogP contribution >= 0.6 is 15.9 Å². The van der Waals surface area contributed by atoms with Crippen LogP contribution in [-0.4, -0.2) is 31.6 Å². The number of halogens is 1. The molecule has 2 rings (SSSR count). The number of nitrogens with zero attached hydrogens (tertiary/aromatic N) is 1. The maximum Gasteiger partial charge on any atom is 0.119 e. The molecule has 1 aliphatic rings. The lowest BCUT2D eigenvalue weighted by molar-refractivity contribution is 0.0954. The van der Waals surface area contributed by atoms with Crippen molar-refractivity contribution < 1.29 is 4.74 Å². The molecule has 0 aliphatic carbocycles. The van der Waals surface area contributed by atoms with E-state index in [0.717, 1.165) is 23.3 Å². The Morgan fingerprint density at radius 3 is 2.90 bits per heavy atom. The molecule has 1 heterocycles. The Balaban J connectivity index is 2.37. The van der Waals surface area contributed by atoms with E-state index >= 15 is 0 Å². The molecule has 1 fully saturated rings. The largest absolute Gasteiger partial charge is 0.497 e. The van der Waals surface area contributed by atoms with E-state index in [1.165, 1.54) is 31.4 Å². The maximum atomic E-state index is 6.04. The first kappa shape index (κ1) is 15.8. The van der Waals surface area contributed by atoms with Gasteiger partial charge in [0, 0.05) is 10.5 Å². The first-order valence-electron chi connectivity index (χ1n) is 7.48. The van der Waals surface area contributed by atoms with Crippen LogP contribution in [0, 0.1) is 5.92 Å². The monoisotopic (exact) mass is 340 g/mol. The number of rotatable bonds is 5. The molecular weight excluding hydrogens is 316 g/mol. The van der Waals surface area contributed by atoms with Crippen molar-refractivity contribution in [3.8, 4) is 5.75 Å². The molecule has 112 valence electrons. The number of piperidine rings is 1. The predicted octanol–water partition coefficient (Wildman–Crippen LogP) is 3.58. The quantitative estimate of drug-likeness (QED) is 0.890. The molecule has 0 aromatic heterocycles. The number of ether oxygens (including phenoxy) is 1. The van der Waals surface area contributed by atoms with Crippen molar-refractivity contribution in [1.29, 1.82) is 0 Å². The van der Waals surface area contributed by atoms with Crippen LogP contribution in [-0.2, 0) is 0 Å². The number of nitrogens with two attached hydrogens (primary N) is 1. The fourth-order valence-electron chi connectivity index (χ4n) is 3.26. The minimum atomic E-state index is 0.401. The van der Waals surface area contributed by atoms with Crippen LogP contribution in [0.2, 0.25) is 0 Å². The van der Waals surface area contributed by atoms with Crippen LogP contribution in [0.25, 0.3) is 0 Å². The summed E-state index contributed by atoms with van der Waals surface area (Å²) in [6.45, 7) is 5.28. The lowest BCUT2D eigenvalue weighted by Crippen LogP contribution is -2.42. The normalized spacial score (nSPS) is 23.8. The zero-order chi connectivity index (χ0) is 14.5. The van der Waals surface area contributed by atoms with E-state index < -0.39 is 0 Å². The summed E-state index contributed by atoms with van der Waals surface area (Å²) in [4.78, 5) is 2.58. The zero-order valence-electron chi connectivity index (χ0n) is 12.4. The second kappa shape index (κ2) is 7.43. The number of hydrogen-bond acceptors (Lipinski definition) is 3. The second-order valence-electron chi connectivity index (χ2n) is 5.51. The molecule has 1 aromatic carbocycles. The van der Waals surface area contributed by atoms with Gasteiger partial charge in [-0.15, -0.1) is 0 Å². The van der Waals surface area contributed by atoms with E-state index in [9.17, 15) is 0 Å². The Morgan fingerprint density at radius 1 is 1.45 bits per heavy atom. The molecule has 1 saturated heterocycles. The van der Waals surface area contributed by atoms with Crippen molar-refractivity contribution in [1.82, 2.24) is 4.90 Å². The van der Waals surface area contributed by atoms with Crippen molar-refractivity contribution in [3.63, 3.8) is 0 Å². The van der Waals surface area contributed by atoms with E-state index in [2.05, 4.69) is 39.9 Å². The molecule has 1 aliphatic heterocycles. The Morgan fingerprint density at radius 2 is 2.25 bits per heavy atom. The van der Waals surface area contributed by atoms with Gasteiger partial charge in [-0.05, 0) is 68.6 Å². The third-order valence-corrected chi connectivity index (χ3v) is 4.92. The van der Waals surface area contributed by atoms with E-state index in [4.69, 9.17) is 10.5 Å². The Bertz CT molecular complexity index is 436. The first-order chi connectivity index (χ1) is 9.71. The standard InChI is InChI=1S/C16H25BrN2O/c1-3-8-19-9-4-5-12(11-18)16(19)14-10-13(20-2)6-7-15(14)17/h6-7,10,12,16H,3-5,8-9,11,18H2,1-2H3. The predicted molar refractivity (Wildman–Crippen MR) is 87.1 cm³/mol. The van der Waals surface area contributed by atoms with Gasteiger partial charge in [0.1, 0.15) is 5.75 Å². The second-order valence-corrected chi connectivity index (χ2v) is 6.36. The molecular formula is C16H25BrN2O. The fraction of sp³-hybridized carbons (Fsp3) is 0.625. The van der Waals surface area contributed by atoms with E-state index in [-0.39, 0.29) is 0 Å². The number of methoxy groups -OCH3 is 1. The summed E-state index contributed by atoms with van der Waals surface area (Å²) in [5, 5.41) is 0. The van der Waals surface area contributed by atoms with Gasteiger partial charge >= 0.3 is 0 Å². The molecule has 2 unspecified atom stereocenters. The smallest absolute Gasteiger partial charge is 0.119 e. The molecule has 1 aromatic rings. The molecule has 2 atom stereocenters. The highest BCUT2D eigenvalue weighted by molar-refractivity contribution is 9.10. The molecule has 2 N–H and O–H groups in total. The van der Waals surface area contributed by atoms with Gasteiger partial charge < -0.3 is 10.5 Å². The van der Waals surface area contributed by atoms with Gasteiger partial charge in [0.2, 0.25) is 0 Å². The van der Waals surface area contributed by atoms with E-state index in [1.807, 2.05) is 6.07 Å². The van der Waals surface area contributed by atoms with Gasteiger partial charge in [0.25, 0.3) is 0 Å². The lowest BCUT2D eigenvalue weighted by atomic mass is 9.84. The minimum absolute atomic E-state index is 0.401. The molecule has 0 spiro atoms. The highest BCUT2D eigenvalue weighted by atomic mass is 79.9. The van der Waals surface area contributed by atoms with Crippen LogP contribution < -0.4 is 10.5 Å². The van der Waals surface area contributed by atoms with Crippen LogP contribution in [0.15, 0.2) is 22.7 Å². The molecule has 0 bridgehead atoms. The van der Waals surface area contributed by atoms with Crippen LogP contribution in [0.5, 0.6) is 5.75 Å². The third-order valence-electron chi connectivity index (χ3n) is 4.20. The van der Waals surface area contributed by atoms with Crippen molar-refractivity contribution in [2.24, 2.45) is 11.7 Å². The highest BCUT2D eigenvalue weighted by Crippen LogP contribution is 2.40. The van der Waals surface area contributed by atoms with Gasteiger partial charge in [-0.25, -0.2) is 0 Å². The zero-order valence-corrected chi connectivity index (χ0v) is 14.0. The van der Waals surface area contributed by atoms with Crippen molar-refractivity contribution in [2.45, 2.75) is 32.2 Å². The first-order valence-corrected chi connectivity index (χ1v) is 8.28. The summed E-state index contributed by atoms with van der Waals surface area (Å²) in [7, 11) is 1.72.